The fourth-order valence-corrected chi connectivity index (χ4v) is 0.593. The van der Waals surface area contributed by atoms with Crippen LogP contribution in [0.15, 0.2) is 18.3 Å². The van der Waals surface area contributed by atoms with Gasteiger partial charge in [0.1, 0.15) is 0 Å². The van der Waals surface area contributed by atoms with Crippen LogP contribution in [0.3, 0.4) is 0 Å². The number of ether oxygens (including phenoxy) is 1. The standard InChI is InChI=1S/C6H4ClNO2/c7-5-1-2-6(8-3-5)10-4-9/h1-4H. The van der Waals surface area contributed by atoms with Crippen molar-refractivity contribution in [2.24, 2.45) is 0 Å². The summed E-state index contributed by atoms with van der Waals surface area (Å²) in [5.41, 5.74) is 0. The van der Waals surface area contributed by atoms with E-state index in [1.165, 1.54) is 12.3 Å². The third-order valence-electron chi connectivity index (χ3n) is 0.869. The second-order valence-electron chi connectivity index (χ2n) is 1.53. The van der Waals surface area contributed by atoms with Crippen molar-refractivity contribution in [1.29, 1.82) is 0 Å². The quantitative estimate of drug-likeness (QED) is 0.607. The molecule has 0 radical (unpaired) electrons. The topological polar surface area (TPSA) is 39.2 Å². The average Bonchev–Trinajstić information content (AvgIpc) is 1.95. The molecule has 1 heterocycles. The van der Waals surface area contributed by atoms with E-state index in [0.717, 1.165) is 0 Å². The number of rotatable bonds is 2. The van der Waals surface area contributed by atoms with Crippen LogP contribution in [0.2, 0.25) is 5.02 Å². The maximum Gasteiger partial charge on any atom is 0.299 e. The fourth-order valence-electron chi connectivity index (χ4n) is 0.481. The summed E-state index contributed by atoms with van der Waals surface area (Å²) in [5, 5.41) is 0.512. The average molecular weight is 158 g/mol. The van der Waals surface area contributed by atoms with Gasteiger partial charge in [-0.2, -0.15) is 0 Å². The second-order valence-corrected chi connectivity index (χ2v) is 1.97. The van der Waals surface area contributed by atoms with Gasteiger partial charge in [-0.05, 0) is 6.07 Å². The molecule has 1 aromatic heterocycles. The summed E-state index contributed by atoms with van der Waals surface area (Å²) >= 11 is 5.51. The van der Waals surface area contributed by atoms with Gasteiger partial charge in [-0.3, -0.25) is 4.79 Å². The van der Waals surface area contributed by atoms with E-state index in [-0.39, 0.29) is 5.88 Å². The zero-order valence-corrected chi connectivity index (χ0v) is 5.71. The van der Waals surface area contributed by atoms with E-state index in [1.54, 1.807) is 6.07 Å². The number of halogens is 1. The van der Waals surface area contributed by atoms with Crippen molar-refractivity contribution in [1.82, 2.24) is 4.98 Å². The van der Waals surface area contributed by atoms with Crippen LogP contribution in [0.5, 0.6) is 5.88 Å². The van der Waals surface area contributed by atoms with Crippen molar-refractivity contribution in [2.75, 3.05) is 0 Å². The van der Waals surface area contributed by atoms with E-state index in [4.69, 9.17) is 11.6 Å². The number of carbonyl (C=O) groups excluding carboxylic acids is 1. The molecule has 0 saturated carbocycles. The highest BCUT2D eigenvalue weighted by Gasteiger charge is 1.91. The first-order chi connectivity index (χ1) is 4.83. The summed E-state index contributed by atoms with van der Waals surface area (Å²) in [6.45, 7) is 0.316. The first kappa shape index (κ1) is 7.02. The highest BCUT2D eigenvalue weighted by atomic mass is 35.5. The van der Waals surface area contributed by atoms with Gasteiger partial charge in [0.25, 0.3) is 6.47 Å². The molecule has 0 aromatic carbocycles. The monoisotopic (exact) mass is 157 g/mol. The molecule has 0 aliphatic heterocycles. The largest absolute Gasteiger partial charge is 0.410 e. The van der Waals surface area contributed by atoms with Crippen LogP contribution in [0.25, 0.3) is 0 Å². The summed E-state index contributed by atoms with van der Waals surface area (Å²) in [4.78, 5) is 13.4. The van der Waals surface area contributed by atoms with Crippen LogP contribution in [-0.4, -0.2) is 11.5 Å². The van der Waals surface area contributed by atoms with Crippen molar-refractivity contribution >= 4 is 18.1 Å². The number of aromatic nitrogens is 1. The Balaban J connectivity index is 2.78. The third kappa shape index (κ3) is 1.70. The number of nitrogens with zero attached hydrogens (tertiary/aromatic N) is 1. The van der Waals surface area contributed by atoms with Gasteiger partial charge in [0, 0.05) is 12.3 Å². The summed E-state index contributed by atoms with van der Waals surface area (Å²) in [6, 6.07) is 3.10. The molecule has 0 fully saturated rings. The predicted molar refractivity (Wildman–Crippen MR) is 35.9 cm³/mol. The minimum atomic E-state index is 0.249. The molecular weight excluding hydrogens is 154 g/mol. The Hall–Kier alpha value is -1.09. The van der Waals surface area contributed by atoms with Crippen LogP contribution in [0.4, 0.5) is 0 Å². The van der Waals surface area contributed by atoms with Crippen LogP contribution in [-0.2, 0) is 4.79 Å². The highest BCUT2D eigenvalue weighted by Crippen LogP contribution is 2.10. The fraction of sp³-hybridized carbons (Fsp3) is 0. The Labute approximate surface area is 62.6 Å². The molecule has 52 valence electrons. The van der Waals surface area contributed by atoms with E-state index in [1.807, 2.05) is 0 Å². The van der Waals surface area contributed by atoms with Crippen LogP contribution in [0, 0.1) is 0 Å². The number of hydrogen-bond acceptors (Lipinski definition) is 3. The van der Waals surface area contributed by atoms with Crippen LogP contribution < -0.4 is 4.74 Å². The third-order valence-corrected chi connectivity index (χ3v) is 1.09. The van der Waals surface area contributed by atoms with Crippen molar-refractivity contribution < 1.29 is 9.53 Å². The van der Waals surface area contributed by atoms with Gasteiger partial charge in [0.05, 0.1) is 5.02 Å². The molecule has 1 rings (SSSR count). The first-order valence-corrected chi connectivity index (χ1v) is 2.92. The molecule has 0 N–H and O–H groups in total. The van der Waals surface area contributed by atoms with E-state index in [0.29, 0.717) is 11.5 Å². The molecule has 1 aromatic rings. The molecular formula is C6H4ClNO2. The van der Waals surface area contributed by atoms with Crippen LogP contribution >= 0.6 is 11.6 Å². The van der Waals surface area contributed by atoms with Gasteiger partial charge in [0.2, 0.25) is 5.88 Å². The lowest BCUT2D eigenvalue weighted by atomic mass is 10.5. The maximum absolute atomic E-state index is 9.76. The lowest BCUT2D eigenvalue weighted by Crippen LogP contribution is -1.89. The van der Waals surface area contributed by atoms with Crippen molar-refractivity contribution in [3.8, 4) is 5.88 Å². The number of pyridine rings is 1. The summed E-state index contributed by atoms with van der Waals surface area (Å²) in [6.07, 6.45) is 1.40. The van der Waals surface area contributed by atoms with Crippen molar-refractivity contribution in [3.63, 3.8) is 0 Å². The number of carbonyl (C=O) groups is 1. The molecule has 0 amide bonds. The zero-order chi connectivity index (χ0) is 7.40. The van der Waals surface area contributed by atoms with Gasteiger partial charge in [-0.15, -0.1) is 0 Å². The lowest BCUT2D eigenvalue weighted by Gasteiger charge is -1.93. The molecule has 0 saturated heterocycles. The molecule has 4 heteroatoms. The molecule has 0 unspecified atom stereocenters. The summed E-state index contributed by atoms with van der Waals surface area (Å²) < 4.78 is 4.41. The summed E-state index contributed by atoms with van der Waals surface area (Å²) in [7, 11) is 0. The Kier molecular flexibility index (Phi) is 2.23. The summed E-state index contributed by atoms with van der Waals surface area (Å²) in [5.74, 6) is 0.249. The SMILES string of the molecule is O=COc1ccc(Cl)cn1. The van der Waals surface area contributed by atoms with E-state index in [2.05, 4.69) is 9.72 Å². The predicted octanol–water partition coefficient (Wildman–Crippen LogP) is 1.27. The second kappa shape index (κ2) is 3.17. The van der Waals surface area contributed by atoms with E-state index in [9.17, 15) is 4.79 Å². The normalized spacial score (nSPS) is 8.90. The first-order valence-electron chi connectivity index (χ1n) is 2.55. The Morgan fingerprint density at radius 3 is 2.90 bits per heavy atom. The molecule has 3 nitrogen and oxygen atoms in total. The van der Waals surface area contributed by atoms with Crippen molar-refractivity contribution in [3.05, 3.63) is 23.4 Å². The highest BCUT2D eigenvalue weighted by molar-refractivity contribution is 6.30. The van der Waals surface area contributed by atoms with E-state index >= 15 is 0 Å². The molecule has 0 atom stereocenters. The molecule has 10 heavy (non-hydrogen) atoms. The molecule has 0 spiro atoms. The van der Waals surface area contributed by atoms with Crippen LogP contribution in [0.1, 0.15) is 0 Å². The van der Waals surface area contributed by atoms with Gasteiger partial charge < -0.3 is 4.74 Å². The van der Waals surface area contributed by atoms with Gasteiger partial charge in [0.15, 0.2) is 0 Å². The minimum absolute atomic E-state index is 0.249. The van der Waals surface area contributed by atoms with Gasteiger partial charge in [-0.1, -0.05) is 11.6 Å². The zero-order valence-electron chi connectivity index (χ0n) is 4.95. The maximum atomic E-state index is 9.76. The smallest absolute Gasteiger partial charge is 0.299 e. The minimum Gasteiger partial charge on any atom is -0.410 e. The Bertz CT molecular complexity index is 222. The Morgan fingerprint density at radius 1 is 1.60 bits per heavy atom. The molecule has 0 bridgehead atoms. The number of hydrogen-bond donors (Lipinski definition) is 0. The van der Waals surface area contributed by atoms with Gasteiger partial charge >= 0.3 is 0 Å². The molecule has 0 aliphatic rings. The van der Waals surface area contributed by atoms with Gasteiger partial charge in [-0.25, -0.2) is 4.98 Å². The lowest BCUT2D eigenvalue weighted by molar-refractivity contribution is -0.120. The Morgan fingerprint density at radius 2 is 2.40 bits per heavy atom. The van der Waals surface area contributed by atoms with Crippen molar-refractivity contribution in [2.45, 2.75) is 0 Å². The molecule has 0 aliphatic carbocycles. The van der Waals surface area contributed by atoms with E-state index < -0.39 is 0 Å².